The fourth-order valence-corrected chi connectivity index (χ4v) is 3.88. The number of carbonyl (C=O) groups is 1. The van der Waals surface area contributed by atoms with Gasteiger partial charge in [0.25, 0.3) is 5.91 Å². The van der Waals surface area contributed by atoms with E-state index in [1.54, 1.807) is 18.2 Å². The van der Waals surface area contributed by atoms with Gasteiger partial charge in [-0.2, -0.15) is 4.31 Å². The zero-order chi connectivity index (χ0) is 15.3. The molecule has 6 heteroatoms. The maximum absolute atomic E-state index is 12.6. The molecular weight excluding hydrogens is 288 g/mol. The number of nitrogens with one attached hydrogen (secondary N) is 1. The fraction of sp³-hybridized carbons (Fsp3) is 0.400. The van der Waals surface area contributed by atoms with Crippen molar-refractivity contribution in [1.29, 1.82) is 0 Å². The summed E-state index contributed by atoms with van der Waals surface area (Å²) in [6.07, 6.45) is 4.42. The second-order valence-electron chi connectivity index (χ2n) is 4.99. The molecule has 114 valence electrons. The minimum absolute atomic E-state index is 0.177. The molecule has 1 N–H and O–H groups in total. The van der Waals surface area contributed by atoms with Crippen LogP contribution >= 0.6 is 0 Å². The first kappa shape index (κ1) is 15.7. The summed E-state index contributed by atoms with van der Waals surface area (Å²) in [7, 11) is -3.51. The Bertz CT molecular complexity index is 620. The van der Waals surface area contributed by atoms with Crippen LogP contribution < -0.4 is 5.32 Å². The van der Waals surface area contributed by atoms with E-state index in [1.807, 2.05) is 0 Å². The molecule has 0 saturated carbocycles. The van der Waals surface area contributed by atoms with Gasteiger partial charge in [-0.15, -0.1) is 6.58 Å². The number of nitrogens with zero attached hydrogens (tertiary/aromatic N) is 1. The van der Waals surface area contributed by atoms with Crippen LogP contribution in [0.2, 0.25) is 0 Å². The Labute approximate surface area is 125 Å². The predicted octanol–water partition coefficient (Wildman–Crippen LogP) is 1.78. The molecule has 0 spiro atoms. The average Bonchev–Trinajstić information content (AvgIpc) is 2.53. The number of benzene rings is 1. The first-order valence-corrected chi connectivity index (χ1v) is 8.49. The first-order valence-electron chi connectivity index (χ1n) is 7.05. The van der Waals surface area contributed by atoms with Gasteiger partial charge in [0.15, 0.2) is 0 Å². The van der Waals surface area contributed by atoms with E-state index < -0.39 is 10.0 Å². The van der Waals surface area contributed by atoms with Crippen LogP contribution in [0.25, 0.3) is 0 Å². The molecule has 1 fully saturated rings. The van der Waals surface area contributed by atoms with Crippen LogP contribution in [0.3, 0.4) is 0 Å². The van der Waals surface area contributed by atoms with Gasteiger partial charge in [0.2, 0.25) is 10.0 Å². The molecule has 0 aliphatic carbocycles. The summed E-state index contributed by atoms with van der Waals surface area (Å²) in [4.78, 5) is 12.1. The topological polar surface area (TPSA) is 66.5 Å². The molecule has 1 aliphatic rings. The van der Waals surface area contributed by atoms with Crippen molar-refractivity contribution >= 4 is 15.9 Å². The molecule has 0 radical (unpaired) electrons. The zero-order valence-corrected chi connectivity index (χ0v) is 12.7. The third kappa shape index (κ3) is 3.71. The van der Waals surface area contributed by atoms with Crippen molar-refractivity contribution in [1.82, 2.24) is 9.62 Å². The second-order valence-corrected chi connectivity index (χ2v) is 6.93. The number of sulfonamides is 1. The summed E-state index contributed by atoms with van der Waals surface area (Å²) >= 11 is 0. The maximum atomic E-state index is 12.6. The number of piperidine rings is 1. The van der Waals surface area contributed by atoms with Crippen LogP contribution in [-0.2, 0) is 10.0 Å². The van der Waals surface area contributed by atoms with E-state index in [0.717, 1.165) is 19.3 Å². The number of amides is 1. The van der Waals surface area contributed by atoms with Crippen molar-refractivity contribution in [3.63, 3.8) is 0 Å². The Balaban J connectivity index is 2.23. The Hall–Kier alpha value is -1.66. The van der Waals surface area contributed by atoms with Gasteiger partial charge in [-0.3, -0.25) is 4.79 Å². The lowest BCUT2D eigenvalue weighted by molar-refractivity contribution is 0.0958. The fourth-order valence-electron chi connectivity index (χ4n) is 2.32. The second kappa shape index (κ2) is 6.87. The van der Waals surface area contributed by atoms with E-state index in [1.165, 1.54) is 16.4 Å². The van der Waals surface area contributed by atoms with Gasteiger partial charge in [0.1, 0.15) is 0 Å². The maximum Gasteiger partial charge on any atom is 0.251 e. The van der Waals surface area contributed by atoms with Crippen molar-refractivity contribution in [2.75, 3.05) is 19.6 Å². The summed E-state index contributed by atoms with van der Waals surface area (Å²) in [6, 6.07) is 6.17. The minimum atomic E-state index is -3.51. The van der Waals surface area contributed by atoms with E-state index in [2.05, 4.69) is 11.9 Å². The Morgan fingerprint density at radius 3 is 2.67 bits per heavy atom. The van der Waals surface area contributed by atoms with E-state index in [0.29, 0.717) is 25.2 Å². The third-order valence-electron chi connectivity index (χ3n) is 3.46. The summed E-state index contributed by atoms with van der Waals surface area (Å²) in [6.45, 7) is 4.98. The van der Waals surface area contributed by atoms with E-state index in [9.17, 15) is 13.2 Å². The molecule has 2 rings (SSSR count). The van der Waals surface area contributed by atoms with Crippen LogP contribution in [0.1, 0.15) is 29.6 Å². The van der Waals surface area contributed by atoms with Crippen molar-refractivity contribution < 1.29 is 13.2 Å². The monoisotopic (exact) mass is 308 g/mol. The molecule has 1 saturated heterocycles. The SMILES string of the molecule is C=CCNC(=O)c1cccc(S(=O)(=O)N2CCCCC2)c1. The molecule has 1 heterocycles. The number of hydrogen-bond donors (Lipinski definition) is 1. The quantitative estimate of drug-likeness (QED) is 0.843. The van der Waals surface area contributed by atoms with Crippen LogP contribution in [0.15, 0.2) is 41.8 Å². The highest BCUT2D eigenvalue weighted by Gasteiger charge is 2.26. The van der Waals surface area contributed by atoms with E-state index in [-0.39, 0.29) is 10.8 Å². The molecule has 5 nitrogen and oxygen atoms in total. The normalized spacial score (nSPS) is 16.4. The van der Waals surface area contributed by atoms with Crippen molar-refractivity contribution in [2.45, 2.75) is 24.2 Å². The highest BCUT2D eigenvalue weighted by Crippen LogP contribution is 2.21. The average molecular weight is 308 g/mol. The molecule has 0 atom stereocenters. The molecule has 1 aromatic rings. The first-order chi connectivity index (χ1) is 10.1. The molecular formula is C15H20N2O3S. The molecule has 21 heavy (non-hydrogen) atoms. The smallest absolute Gasteiger partial charge is 0.251 e. The van der Waals surface area contributed by atoms with Gasteiger partial charge in [-0.05, 0) is 31.0 Å². The third-order valence-corrected chi connectivity index (χ3v) is 5.35. The largest absolute Gasteiger partial charge is 0.349 e. The molecule has 0 bridgehead atoms. The molecule has 1 amide bonds. The Morgan fingerprint density at radius 2 is 2.00 bits per heavy atom. The van der Waals surface area contributed by atoms with Gasteiger partial charge in [0.05, 0.1) is 4.90 Å². The summed E-state index contributed by atoms with van der Waals surface area (Å²) in [5.74, 6) is -0.300. The minimum Gasteiger partial charge on any atom is -0.349 e. The standard InChI is InChI=1S/C15H20N2O3S/c1-2-9-16-15(18)13-7-6-8-14(12-13)21(19,20)17-10-4-3-5-11-17/h2,6-8,12H,1,3-5,9-11H2,(H,16,18). The van der Waals surface area contributed by atoms with E-state index >= 15 is 0 Å². The van der Waals surface area contributed by atoms with E-state index in [4.69, 9.17) is 0 Å². The molecule has 0 aromatic heterocycles. The lowest BCUT2D eigenvalue weighted by atomic mass is 10.2. The summed E-state index contributed by atoms with van der Waals surface area (Å²) in [5, 5.41) is 2.64. The van der Waals surface area contributed by atoms with Crippen LogP contribution in [0, 0.1) is 0 Å². The predicted molar refractivity (Wildman–Crippen MR) is 81.6 cm³/mol. The lowest BCUT2D eigenvalue weighted by Gasteiger charge is -2.26. The molecule has 0 unspecified atom stereocenters. The number of carbonyl (C=O) groups excluding carboxylic acids is 1. The lowest BCUT2D eigenvalue weighted by Crippen LogP contribution is -2.35. The van der Waals surface area contributed by atoms with Crippen molar-refractivity contribution in [3.8, 4) is 0 Å². The van der Waals surface area contributed by atoms with Gasteiger partial charge in [-0.1, -0.05) is 18.6 Å². The zero-order valence-electron chi connectivity index (χ0n) is 11.9. The van der Waals surface area contributed by atoms with Crippen molar-refractivity contribution in [2.24, 2.45) is 0 Å². The Morgan fingerprint density at radius 1 is 1.29 bits per heavy atom. The number of rotatable bonds is 5. The van der Waals surface area contributed by atoms with Crippen LogP contribution in [0.4, 0.5) is 0 Å². The van der Waals surface area contributed by atoms with Crippen LogP contribution in [0.5, 0.6) is 0 Å². The molecule has 1 aromatic carbocycles. The van der Waals surface area contributed by atoms with Crippen LogP contribution in [-0.4, -0.2) is 38.3 Å². The van der Waals surface area contributed by atoms with Gasteiger partial charge < -0.3 is 5.32 Å². The van der Waals surface area contributed by atoms with Gasteiger partial charge in [0, 0.05) is 25.2 Å². The summed E-state index contributed by atoms with van der Waals surface area (Å²) in [5.41, 5.74) is 0.343. The Kier molecular flexibility index (Phi) is 5.14. The van der Waals surface area contributed by atoms with Gasteiger partial charge in [-0.25, -0.2) is 8.42 Å². The molecule has 1 aliphatic heterocycles. The number of hydrogen-bond acceptors (Lipinski definition) is 3. The van der Waals surface area contributed by atoms with Gasteiger partial charge >= 0.3 is 0 Å². The highest BCUT2D eigenvalue weighted by molar-refractivity contribution is 7.89. The summed E-state index contributed by atoms with van der Waals surface area (Å²) < 4.78 is 26.6. The highest BCUT2D eigenvalue weighted by atomic mass is 32.2. The van der Waals surface area contributed by atoms with Crippen molar-refractivity contribution in [3.05, 3.63) is 42.5 Å².